The zero-order valence-corrected chi connectivity index (χ0v) is 11.3. The third kappa shape index (κ3) is 2.83. The number of ether oxygens (including phenoxy) is 3. The maximum atomic E-state index is 9.37. The quantitative estimate of drug-likeness (QED) is 0.767. The van der Waals surface area contributed by atoms with Gasteiger partial charge in [0.25, 0.3) is 0 Å². The highest BCUT2D eigenvalue weighted by molar-refractivity contribution is 6.59. The Morgan fingerprint density at radius 3 is 2.85 bits per heavy atom. The lowest BCUT2D eigenvalue weighted by molar-refractivity contribution is -0.112. The first-order chi connectivity index (χ1) is 9.69. The minimum Gasteiger partial charge on any atom is -0.491 e. The Morgan fingerprint density at radius 1 is 1.25 bits per heavy atom. The maximum absolute atomic E-state index is 9.37. The molecule has 2 N–H and O–H groups in total. The fourth-order valence-electron chi connectivity index (χ4n) is 2.93. The SMILES string of the molecule is OB(O)c1ccccc1OC1CCOC2(CCOC2)C1. The Morgan fingerprint density at radius 2 is 2.10 bits per heavy atom. The average Bonchev–Trinajstić information content (AvgIpc) is 2.87. The molecule has 20 heavy (non-hydrogen) atoms. The summed E-state index contributed by atoms with van der Waals surface area (Å²) in [5, 5.41) is 18.7. The Hall–Kier alpha value is -1.08. The van der Waals surface area contributed by atoms with Crippen LogP contribution in [0.1, 0.15) is 19.3 Å². The Bertz CT molecular complexity index is 459. The second-order valence-corrected chi connectivity index (χ2v) is 5.48. The summed E-state index contributed by atoms with van der Waals surface area (Å²) in [7, 11) is -1.52. The second-order valence-electron chi connectivity index (χ2n) is 5.48. The lowest BCUT2D eigenvalue weighted by Gasteiger charge is -2.37. The predicted octanol–water partition coefficient (Wildman–Crippen LogP) is 0.0833. The number of hydrogen-bond donors (Lipinski definition) is 2. The van der Waals surface area contributed by atoms with E-state index in [2.05, 4.69) is 0 Å². The third-order valence-corrected chi connectivity index (χ3v) is 4.01. The van der Waals surface area contributed by atoms with Crippen LogP contribution in [-0.2, 0) is 9.47 Å². The standard InChI is InChI=1S/C14H19BO5/c16-15(17)12-3-1-2-4-13(12)20-11-5-7-19-14(9-11)6-8-18-10-14/h1-4,11,16-17H,5-10H2. The van der Waals surface area contributed by atoms with Crippen LogP contribution < -0.4 is 10.2 Å². The molecule has 1 aromatic rings. The van der Waals surface area contributed by atoms with E-state index in [1.54, 1.807) is 18.2 Å². The van der Waals surface area contributed by atoms with Crippen LogP contribution in [-0.4, -0.2) is 48.7 Å². The molecule has 6 heteroatoms. The highest BCUT2D eigenvalue weighted by Gasteiger charge is 2.42. The zero-order chi connectivity index (χ0) is 14.0. The van der Waals surface area contributed by atoms with Crippen molar-refractivity contribution < 1.29 is 24.3 Å². The van der Waals surface area contributed by atoms with Crippen molar-refractivity contribution >= 4 is 12.6 Å². The molecule has 2 aliphatic rings. The second kappa shape index (κ2) is 5.73. The van der Waals surface area contributed by atoms with E-state index >= 15 is 0 Å². The maximum Gasteiger partial charge on any atom is 0.492 e. The average molecular weight is 278 g/mol. The fourth-order valence-corrected chi connectivity index (χ4v) is 2.93. The molecule has 2 unspecified atom stereocenters. The van der Waals surface area contributed by atoms with Gasteiger partial charge in [0.15, 0.2) is 0 Å². The van der Waals surface area contributed by atoms with Crippen LogP contribution >= 0.6 is 0 Å². The van der Waals surface area contributed by atoms with Crippen molar-refractivity contribution in [2.45, 2.75) is 31.0 Å². The van der Waals surface area contributed by atoms with Gasteiger partial charge in [0.2, 0.25) is 0 Å². The normalized spacial score (nSPS) is 29.6. The first-order valence-corrected chi connectivity index (χ1v) is 7.02. The largest absolute Gasteiger partial charge is 0.492 e. The monoisotopic (exact) mass is 278 g/mol. The molecule has 2 aliphatic heterocycles. The zero-order valence-electron chi connectivity index (χ0n) is 11.3. The van der Waals surface area contributed by atoms with Crippen LogP contribution in [0.4, 0.5) is 0 Å². The Balaban J connectivity index is 1.71. The summed E-state index contributed by atoms with van der Waals surface area (Å²) in [6.07, 6.45) is 2.50. The van der Waals surface area contributed by atoms with Gasteiger partial charge in [0, 0.05) is 31.3 Å². The molecule has 1 aromatic carbocycles. The highest BCUT2D eigenvalue weighted by Crippen LogP contribution is 2.34. The summed E-state index contributed by atoms with van der Waals surface area (Å²) in [5.41, 5.74) is 0.186. The number of rotatable bonds is 3. The highest BCUT2D eigenvalue weighted by atomic mass is 16.6. The van der Waals surface area contributed by atoms with Gasteiger partial charge in [-0.3, -0.25) is 0 Å². The van der Waals surface area contributed by atoms with Crippen molar-refractivity contribution in [3.63, 3.8) is 0 Å². The van der Waals surface area contributed by atoms with E-state index in [1.807, 2.05) is 6.07 Å². The van der Waals surface area contributed by atoms with Crippen molar-refractivity contribution in [1.82, 2.24) is 0 Å². The molecule has 2 heterocycles. The molecule has 0 saturated carbocycles. The molecule has 1 spiro atoms. The van der Waals surface area contributed by atoms with Gasteiger partial charge in [-0.15, -0.1) is 0 Å². The minimum absolute atomic E-state index is 0.0188. The van der Waals surface area contributed by atoms with E-state index in [9.17, 15) is 10.0 Å². The topological polar surface area (TPSA) is 68.2 Å². The van der Waals surface area contributed by atoms with Gasteiger partial charge in [-0.05, 0) is 6.07 Å². The Labute approximate surface area is 118 Å². The van der Waals surface area contributed by atoms with Gasteiger partial charge in [0.1, 0.15) is 11.9 Å². The summed E-state index contributed by atoms with van der Waals surface area (Å²) in [4.78, 5) is 0. The molecule has 0 radical (unpaired) electrons. The van der Waals surface area contributed by atoms with E-state index in [0.29, 0.717) is 24.4 Å². The van der Waals surface area contributed by atoms with Gasteiger partial charge >= 0.3 is 7.12 Å². The van der Waals surface area contributed by atoms with E-state index < -0.39 is 7.12 Å². The van der Waals surface area contributed by atoms with Gasteiger partial charge in [-0.1, -0.05) is 18.2 Å². The van der Waals surface area contributed by atoms with E-state index in [1.165, 1.54) is 0 Å². The predicted molar refractivity (Wildman–Crippen MR) is 74.0 cm³/mol. The van der Waals surface area contributed by atoms with Crippen LogP contribution in [0.5, 0.6) is 5.75 Å². The lowest BCUT2D eigenvalue weighted by atomic mass is 9.79. The minimum atomic E-state index is -1.52. The van der Waals surface area contributed by atoms with Crippen LogP contribution in [0.25, 0.3) is 0 Å². The molecule has 0 aliphatic carbocycles. The molecule has 2 saturated heterocycles. The van der Waals surface area contributed by atoms with E-state index in [0.717, 1.165) is 25.9 Å². The van der Waals surface area contributed by atoms with Crippen molar-refractivity contribution in [2.24, 2.45) is 0 Å². The van der Waals surface area contributed by atoms with Crippen LogP contribution in [0.15, 0.2) is 24.3 Å². The molecule has 2 fully saturated rings. The van der Waals surface area contributed by atoms with Crippen LogP contribution in [0.3, 0.4) is 0 Å². The number of para-hydroxylation sites is 1. The van der Waals surface area contributed by atoms with Gasteiger partial charge < -0.3 is 24.3 Å². The smallest absolute Gasteiger partial charge is 0.491 e. The molecular formula is C14H19BO5. The molecular weight excluding hydrogens is 259 g/mol. The Kier molecular flexibility index (Phi) is 3.98. The van der Waals surface area contributed by atoms with Crippen molar-refractivity contribution in [1.29, 1.82) is 0 Å². The van der Waals surface area contributed by atoms with E-state index in [-0.39, 0.29) is 11.7 Å². The molecule has 0 aromatic heterocycles. The van der Waals surface area contributed by atoms with Crippen molar-refractivity contribution in [3.05, 3.63) is 24.3 Å². The van der Waals surface area contributed by atoms with Crippen molar-refractivity contribution in [3.8, 4) is 5.75 Å². The van der Waals surface area contributed by atoms with Gasteiger partial charge in [0.05, 0.1) is 18.8 Å². The molecule has 3 rings (SSSR count). The summed E-state index contributed by atoms with van der Waals surface area (Å²) >= 11 is 0. The van der Waals surface area contributed by atoms with E-state index in [4.69, 9.17) is 14.2 Å². The number of hydrogen-bond acceptors (Lipinski definition) is 5. The lowest BCUT2D eigenvalue weighted by Crippen LogP contribution is -2.45. The van der Waals surface area contributed by atoms with Crippen LogP contribution in [0, 0.1) is 0 Å². The fraction of sp³-hybridized carbons (Fsp3) is 0.571. The first kappa shape index (κ1) is 13.9. The first-order valence-electron chi connectivity index (χ1n) is 7.02. The van der Waals surface area contributed by atoms with Crippen molar-refractivity contribution in [2.75, 3.05) is 19.8 Å². The molecule has 2 atom stereocenters. The molecule has 0 bridgehead atoms. The summed E-state index contributed by atoms with van der Waals surface area (Å²) in [5.74, 6) is 0.531. The summed E-state index contributed by atoms with van der Waals surface area (Å²) in [6, 6.07) is 7.02. The van der Waals surface area contributed by atoms with Crippen LogP contribution in [0.2, 0.25) is 0 Å². The molecule has 5 nitrogen and oxygen atoms in total. The molecule has 108 valence electrons. The van der Waals surface area contributed by atoms with Gasteiger partial charge in [-0.2, -0.15) is 0 Å². The third-order valence-electron chi connectivity index (χ3n) is 4.01. The number of benzene rings is 1. The van der Waals surface area contributed by atoms with Gasteiger partial charge in [-0.25, -0.2) is 0 Å². The molecule has 0 amide bonds. The summed E-state index contributed by atoms with van der Waals surface area (Å²) in [6.45, 7) is 2.01. The summed E-state index contributed by atoms with van der Waals surface area (Å²) < 4.78 is 17.3.